The summed E-state index contributed by atoms with van der Waals surface area (Å²) < 4.78 is 38.9. The van der Waals surface area contributed by atoms with Gasteiger partial charge < -0.3 is 5.73 Å². The molecule has 6 heteroatoms. The van der Waals surface area contributed by atoms with Crippen LogP contribution in [0.5, 0.6) is 0 Å². The molecule has 0 saturated carbocycles. The maximum atomic E-state index is 13.0. The van der Waals surface area contributed by atoms with Crippen molar-refractivity contribution >= 4 is 5.78 Å². The van der Waals surface area contributed by atoms with Crippen LogP contribution in [0.4, 0.5) is 13.2 Å². The van der Waals surface area contributed by atoms with Crippen LogP contribution in [-0.4, -0.2) is 10.8 Å². The van der Waals surface area contributed by atoms with Gasteiger partial charge in [-0.15, -0.1) is 0 Å². The lowest BCUT2D eigenvalue weighted by Gasteiger charge is -2.25. The van der Waals surface area contributed by atoms with Gasteiger partial charge in [0.2, 0.25) is 0 Å². The van der Waals surface area contributed by atoms with E-state index in [0.29, 0.717) is 5.56 Å². The minimum Gasteiger partial charge on any atom is -0.315 e. The second kappa shape index (κ2) is 5.29. The van der Waals surface area contributed by atoms with Crippen molar-refractivity contribution in [3.63, 3.8) is 0 Å². The molecule has 3 nitrogen and oxygen atoms in total. The Morgan fingerprint density at radius 2 is 1.76 bits per heavy atom. The highest BCUT2D eigenvalue weighted by Crippen LogP contribution is 2.34. The quantitative estimate of drug-likeness (QED) is 0.885. The topological polar surface area (TPSA) is 56.0 Å². The number of nitrogens with zero attached hydrogens (tertiary/aromatic N) is 1. The predicted molar refractivity (Wildman–Crippen MR) is 71.6 cm³/mol. The molecular formula is C15H13F3N2O. The van der Waals surface area contributed by atoms with E-state index in [1.807, 2.05) is 0 Å². The maximum Gasteiger partial charge on any atom is 0.417 e. The van der Waals surface area contributed by atoms with E-state index in [0.717, 1.165) is 18.5 Å². The number of alkyl halides is 3. The van der Waals surface area contributed by atoms with Gasteiger partial charge in [-0.25, -0.2) is 0 Å². The number of carbonyl (C=O) groups excluding carboxylic acids is 1. The predicted octanol–water partition coefficient (Wildman–Crippen LogP) is 3.16. The molecule has 2 rings (SSSR count). The van der Waals surface area contributed by atoms with Gasteiger partial charge in [0.15, 0.2) is 5.78 Å². The van der Waals surface area contributed by atoms with E-state index in [1.165, 1.54) is 6.92 Å². The zero-order valence-electron chi connectivity index (χ0n) is 11.2. The van der Waals surface area contributed by atoms with Crippen molar-refractivity contribution in [3.8, 4) is 0 Å². The Kier molecular flexibility index (Phi) is 3.82. The molecule has 1 aromatic heterocycles. The number of nitrogens with two attached hydrogens (primary N) is 1. The van der Waals surface area contributed by atoms with Crippen LogP contribution in [-0.2, 0) is 11.7 Å². The number of aromatic nitrogens is 1. The fraction of sp³-hybridized carbons (Fsp3) is 0.200. The van der Waals surface area contributed by atoms with Gasteiger partial charge in [0.1, 0.15) is 5.54 Å². The van der Waals surface area contributed by atoms with Crippen LogP contribution >= 0.6 is 0 Å². The van der Waals surface area contributed by atoms with E-state index >= 15 is 0 Å². The van der Waals surface area contributed by atoms with Gasteiger partial charge in [-0.2, -0.15) is 13.2 Å². The first-order valence-electron chi connectivity index (χ1n) is 6.15. The fourth-order valence-corrected chi connectivity index (χ4v) is 2.02. The molecule has 110 valence electrons. The second-order valence-corrected chi connectivity index (χ2v) is 4.82. The molecule has 0 spiro atoms. The summed E-state index contributed by atoms with van der Waals surface area (Å²) in [6.45, 7) is 1.39. The molecule has 2 aromatic rings. The van der Waals surface area contributed by atoms with Crippen molar-refractivity contribution in [1.29, 1.82) is 0 Å². The summed E-state index contributed by atoms with van der Waals surface area (Å²) in [5.74, 6) is -0.825. The lowest BCUT2D eigenvalue weighted by molar-refractivity contribution is -0.138. The number of rotatable bonds is 3. The van der Waals surface area contributed by atoms with E-state index in [9.17, 15) is 18.0 Å². The fourth-order valence-electron chi connectivity index (χ4n) is 2.02. The molecule has 0 aliphatic heterocycles. The molecule has 0 saturated heterocycles. The van der Waals surface area contributed by atoms with Gasteiger partial charge in [0.25, 0.3) is 0 Å². The number of hydrogen-bond acceptors (Lipinski definition) is 3. The number of hydrogen-bond donors (Lipinski definition) is 1. The van der Waals surface area contributed by atoms with Crippen LogP contribution in [0, 0.1) is 0 Å². The minimum atomic E-state index is -4.64. The highest BCUT2D eigenvalue weighted by atomic mass is 19.4. The standard InChI is InChI=1S/C15H13F3N2O/c1-14(19,10-5-3-2-4-6-10)13(21)11-9-20-8-7-12(11)15(16,17)18/h2-9H,19H2,1H3. The number of pyridine rings is 1. The molecule has 21 heavy (non-hydrogen) atoms. The van der Waals surface area contributed by atoms with Crippen molar-refractivity contribution in [2.75, 3.05) is 0 Å². The molecule has 1 atom stereocenters. The first kappa shape index (κ1) is 15.2. The summed E-state index contributed by atoms with van der Waals surface area (Å²) >= 11 is 0. The van der Waals surface area contributed by atoms with E-state index in [1.54, 1.807) is 30.3 Å². The van der Waals surface area contributed by atoms with E-state index < -0.39 is 28.6 Å². The molecule has 1 unspecified atom stereocenters. The molecule has 0 aliphatic rings. The van der Waals surface area contributed by atoms with Gasteiger partial charge >= 0.3 is 6.18 Å². The summed E-state index contributed by atoms with van der Waals surface area (Å²) in [4.78, 5) is 16.1. The largest absolute Gasteiger partial charge is 0.417 e. The van der Waals surface area contributed by atoms with E-state index in [2.05, 4.69) is 4.98 Å². The molecule has 0 radical (unpaired) electrons. The molecule has 0 aliphatic carbocycles. The minimum absolute atomic E-state index is 0.437. The molecule has 0 bridgehead atoms. The molecule has 1 heterocycles. The number of carbonyl (C=O) groups is 1. The lowest BCUT2D eigenvalue weighted by atomic mass is 9.84. The average molecular weight is 294 g/mol. The zero-order chi connectivity index (χ0) is 15.7. The monoisotopic (exact) mass is 294 g/mol. The van der Waals surface area contributed by atoms with Gasteiger partial charge in [0, 0.05) is 12.4 Å². The lowest BCUT2D eigenvalue weighted by Crippen LogP contribution is -2.42. The van der Waals surface area contributed by atoms with Crippen molar-refractivity contribution < 1.29 is 18.0 Å². The maximum absolute atomic E-state index is 13.0. The first-order chi connectivity index (χ1) is 9.74. The smallest absolute Gasteiger partial charge is 0.315 e. The molecule has 0 amide bonds. The third kappa shape index (κ3) is 2.95. The van der Waals surface area contributed by atoms with Gasteiger partial charge in [-0.05, 0) is 18.6 Å². The van der Waals surface area contributed by atoms with Crippen LogP contribution in [0.15, 0.2) is 48.8 Å². The third-order valence-corrected chi connectivity index (χ3v) is 3.22. The molecule has 0 fully saturated rings. The van der Waals surface area contributed by atoms with Crippen molar-refractivity contribution in [2.24, 2.45) is 5.73 Å². The summed E-state index contributed by atoms with van der Waals surface area (Å²) in [6.07, 6.45) is -2.74. The van der Waals surface area contributed by atoms with Crippen molar-refractivity contribution in [1.82, 2.24) is 4.98 Å². The Bertz CT molecular complexity index is 651. The molecule has 1 aromatic carbocycles. The van der Waals surface area contributed by atoms with Crippen LogP contribution in [0.2, 0.25) is 0 Å². The van der Waals surface area contributed by atoms with E-state index in [-0.39, 0.29) is 0 Å². The third-order valence-electron chi connectivity index (χ3n) is 3.22. The second-order valence-electron chi connectivity index (χ2n) is 4.82. The highest BCUT2D eigenvalue weighted by molar-refractivity contribution is 6.04. The molecular weight excluding hydrogens is 281 g/mol. The normalized spacial score (nSPS) is 14.5. The Labute approximate surface area is 119 Å². The summed E-state index contributed by atoms with van der Waals surface area (Å²) in [5.41, 5.74) is 3.29. The van der Waals surface area contributed by atoms with Crippen LogP contribution in [0.3, 0.4) is 0 Å². The summed E-state index contributed by atoms with van der Waals surface area (Å²) in [6, 6.07) is 9.04. The number of ketones is 1. The summed E-state index contributed by atoms with van der Waals surface area (Å²) in [5, 5.41) is 0. The Balaban J connectivity index is 2.51. The first-order valence-corrected chi connectivity index (χ1v) is 6.15. The van der Waals surface area contributed by atoms with Crippen molar-refractivity contribution in [2.45, 2.75) is 18.6 Å². The highest BCUT2D eigenvalue weighted by Gasteiger charge is 2.40. The van der Waals surface area contributed by atoms with Gasteiger partial charge in [-0.3, -0.25) is 9.78 Å². The Hall–Kier alpha value is -2.21. The average Bonchev–Trinajstić information content (AvgIpc) is 2.46. The Morgan fingerprint density at radius 3 is 2.33 bits per heavy atom. The SMILES string of the molecule is CC(N)(C(=O)c1cnccc1C(F)(F)F)c1ccccc1. The number of halogens is 3. The van der Waals surface area contributed by atoms with Crippen LogP contribution in [0.1, 0.15) is 28.4 Å². The van der Waals surface area contributed by atoms with Gasteiger partial charge in [0.05, 0.1) is 11.1 Å². The zero-order valence-corrected chi connectivity index (χ0v) is 11.2. The van der Waals surface area contributed by atoms with Crippen LogP contribution < -0.4 is 5.73 Å². The molecule has 2 N–H and O–H groups in total. The number of Topliss-reactive ketones (excluding diaryl/α,β-unsaturated/α-hetero) is 1. The Morgan fingerprint density at radius 1 is 1.14 bits per heavy atom. The number of benzene rings is 1. The van der Waals surface area contributed by atoms with Crippen LogP contribution in [0.25, 0.3) is 0 Å². The van der Waals surface area contributed by atoms with Crippen molar-refractivity contribution in [3.05, 3.63) is 65.5 Å². The summed E-state index contributed by atoms with van der Waals surface area (Å²) in [7, 11) is 0. The van der Waals surface area contributed by atoms with Gasteiger partial charge in [-0.1, -0.05) is 30.3 Å². The van der Waals surface area contributed by atoms with E-state index in [4.69, 9.17) is 5.73 Å².